The minimum Gasteiger partial charge on any atom is -0.493 e. The van der Waals surface area contributed by atoms with Crippen LogP contribution in [0.3, 0.4) is 0 Å². The van der Waals surface area contributed by atoms with Crippen molar-refractivity contribution in [2.24, 2.45) is 5.92 Å². The molecule has 208 valence electrons. The van der Waals surface area contributed by atoms with Gasteiger partial charge in [-0.15, -0.1) is 0 Å². The number of aromatic carboxylic acids is 1. The van der Waals surface area contributed by atoms with Crippen LogP contribution in [0.1, 0.15) is 39.1 Å². The summed E-state index contributed by atoms with van der Waals surface area (Å²) in [5, 5.41) is 17.5. The molecule has 1 atom stereocenters. The Kier molecular flexibility index (Phi) is 7.76. The van der Waals surface area contributed by atoms with E-state index >= 15 is 0 Å². The molecule has 1 aliphatic rings. The first-order valence-electron chi connectivity index (χ1n) is 12.3. The quantitative estimate of drug-likeness (QED) is 0.256. The summed E-state index contributed by atoms with van der Waals surface area (Å²) in [5.74, 6) is -1.85. The first-order chi connectivity index (χ1) is 19.0. The first kappa shape index (κ1) is 27.9. The monoisotopic (exact) mass is 591 g/mol. The average molecular weight is 592 g/mol. The van der Waals surface area contributed by atoms with Gasteiger partial charge in [0.2, 0.25) is 0 Å². The second-order valence-corrected chi connectivity index (χ2v) is 10.3. The van der Waals surface area contributed by atoms with Gasteiger partial charge < -0.3 is 15.2 Å². The highest BCUT2D eigenvalue weighted by atomic mass is 35.5. The lowest BCUT2D eigenvalue weighted by Crippen LogP contribution is -2.33. The van der Waals surface area contributed by atoms with Crippen molar-refractivity contribution in [1.82, 2.24) is 15.1 Å². The van der Waals surface area contributed by atoms with Gasteiger partial charge in [0.1, 0.15) is 11.4 Å². The number of carboxylic acid groups (broad SMARTS) is 1. The van der Waals surface area contributed by atoms with E-state index in [9.17, 15) is 27.9 Å². The SMILES string of the molecule is O=C(O)c1ccc(-c2nn(C(=O)c3c(Cl)cccc3C(F)(F)F)c3ccc(Cl)cc23)c(OC[C@H]2CCCNC2)c1. The third-order valence-corrected chi connectivity index (χ3v) is 7.27. The van der Waals surface area contributed by atoms with Crippen molar-refractivity contribution < 1.29 is 32.6 Å². The maximum Gasteiger partial charge on any atom is 0.417 e. The largest absolute Gasteiger partial charge is 0.493 e. The number of benzene rings is 3. The van der Waals surface area contributed by atoms with Crippen LogP contribution >= 0.6 is 23.2 Å². The number of piperidine rings is 1. The lowest BCUT2D eigenvalue weighted by Gasteiger charge is -2.23. The molecular formula is C28H22Cl2F3N3O4. The summed E-state index contributed by atoms with van der Waals surface area (Å²) in [6.07, 6.45) is -2.93. The van der Waals surface area contributed by atoms with Gasteiger partial charge in [-0.1, -0.05) is 29.3 Å². The highest BCUT2D eigenvalue weighted by Crippen LogP contribution is 2.39. The first-order valence-corrected chi connectivity index (χ1v) is 13.1. The van der Waals surface area contributed by atoms with E-state index < -0.39 is 29.2 Å². The Morgan fingerprint density at radius 3 is 2.62 bits per heavy atom. The molecular weight excluding hydrogens is 570 g/mol. The van der Waals surface area contributed by atoms with Crippen molar-refractivity contribution in [2.75, 3.05) is 19.7 Å². The van der Waals surface area contributed by atoms with Gasteiger partial charge in [0.25, 0.3) is 5.91 Å². The molecule has 0 saturated carbocycles. The van der Waals surface area contributed by atoms with Crippen molar-refractivity contribution in [1.29, 1.82) is 0 Å². The van der Waals surface area contributed by atoms with Crippen molar-refractivity contribution in [2.45, 2.75) is 19.0 Å². The van der Waals surface area contributed by atoms with E-state index in [1.165, 1.54) is 42.5 Å². The molecule has 12 heteroatoms. The molecule has 7 nitrogen and oxygen atoms in total. The van der Waals surface area contributed by atoms with Gasteiger partial charge in [-0.3, -0.25) is 4.79 Å². The van der Waals surface area contributed by atoms with Crippen LogP contribution in [0.25, 0.3) is 22.2 Å². The molecule has 0 unspecified atom stereocenters. The standard InChI is InChI=1S/C28H22Cl2F3N3O4/c29-17-7-9-22-19(12-17)25(35-36(22)26(37)24-20(28(31,32)33)4-1-5-21(24)30)18-8-6-16(27(38)39)11-23(18)40-14-15-3-2-10-34-13-15/h1,4-9,11-12,15,34H,2-3,10,13-14H2,(H,38,39)/t15-/m0/s1. The molecule has 1 aliphatic heterocycles. The molecule has 5 rings (SSSR count). The van der Waals surface area contributed by atoms with E-state index in [0.29, 0.717) is 22.6 Å². The summed E-state index contributed by atoms with van der Waals surface area (Å²) in [4.78, 5) is 25.3. The second kappa shape index (κ2) is 11.1. The summed E-state index contributed by atoms with van der Waals surface area (Å²) in [5.41, 5.74) is -1.25. The third kappa shape index (κ3) is 5.52. The molecule has 0 bridgehead atoms. The maximum absolute atomic E-state index is 13.8. The van der Waals surface area contributed by atoms with Gasteiger partial charge in [0, 0.05) is 28.4 Å². The zero-order chi connectivity index (χ0) is 28.6. The molecule has 2 heterocycles. The summed E-state index contributed by atoms with van der Waals surface area (Å²) >= 11 is 12.4. The van der Waals surface area contributed by atoms with E-state index in [4.69, 9.17) is 27.9 Å². The summed E-state index contributed by atoms with van der Waals surface area (Å²) in [6, 6.07) is 11.8. The van der Waals surface area contributed by atoms with Crippen LogP contribution in [-0.4, -0.2) is 46.5 Å². The zero-order valence-electron chi connectivity index (χ0n) is 20.8. The number of nitrogens with zero attached hydrogens (tertiary/aromatic N) is 2. The minimum absolute atomic E-state index is 0.0238. The van der Waals surface area contributed by atoms with Gasteiger partial charge in [0.05, 0.1) is 33.8 Å². The molecule has 4 aromatic rings. The van der Waals surface area contributed by atoms with Gasteiger partial charge in [0.15, 0.2) is 0 Å². The van der Waals surface area contributed by atoms with E-state index in [0.717, 1.165) is 42.7 Å². The van der Waals surface area contributed by atoms with E-state index in [2.05, 4.69) is 10.4 Å². The third-order valence-electron chi connectivity index (χ3n) is 6.72. The van der Waals surface area contributed by atoms with Crippen molar-refractivity contribution in [3.05, 3.63) is 81.3 Å². The fourth-order valence-electron chi connectivity index (χ4n) is 4.77. The Morgan fingerprint density at radius 2 is 1.93 bits per heavy atom. The highest BCUT2D eigenvalue weighted by molar-refractivity contribution is 6.34. The fraction of sp³-hybridized carbons (Fsp3) is 0.250. The highest BCUT2D eigenvalue weighted by Gasteiger charge is 2.37. The molecule has 0 amide bonds. The van der Waals surface area contributed by atoms with Crippen LogP contribution in [0, 0.1) is 5.92 Å². The lowest BCUT2D eigenvalue weighted by atomic mass is 10.0. The molecule has 40 heavy (non-hydrogen) atoms. The van der Waals surface area contributed by atoms with Gasteiger partial charge >= 0.3 is 12.1 Å². The van der Waals surface area contributed by atoms with E-state index in [1.54, 1.807) is 0 Å². The van der Waals surface area contributed by atoms with Gasteiger partial charge in [-0.25, -0.2) is 4.79 Å². The van der Waals surface area contributed by atoms with E-state index in [-0.39, 0.29) is 33.5 Å². The van der Waals surface area contributed by atoms with Crippen LogP contribution in [-0.2, 0) is 6.18 Å². The van der Waals surface area contributed by atoms with Gasteiger partial charge in [-0.2, -0.15) is 23.0 Å². The number of halogens is 5. The minimum atomic E-state index is -4.84. The molecule has 3 aromatic carbocycles. The molecule has 1 fully saturated rings. The van der Waals surface area contributed by atoms with Crippen molar-refractivity contribution in [3.8, 4) is 17.0 Å². The Morgan fingerprint density at radius 1 is 1.12 bits per heavy atom. The number of carboxylic acids is 1. The smallest absolute Gasteiger partial charge is 0.417 e. The summed E-state index contributed by atoms with van der Waals surface area (Å²) < 4.78 is 48.4. The number of nitrogens with one attached hydrogen (secondary N) is 1. The molecule has 0 radical (unpaired) electrons. The van der Waals surface area contributed by atoms with E-state index in [1.807, 2.05) is 0 Å². The molecule has 2 N–H and O–H groups in total. The van der Waals surface area contributed by atoms with Gasteiger partial charge in [-0.05, 0) is 67.9 Å². The number of hydrogen-bond acceptors (Lipinski definition) is 5. The van der Waals surface area contributed by atoms with Crippen LogP contribution in [0.2, 0.25) is 10.0 Å². The predicted octanol–water partition coefficient (Wildman–Crippen LogP) is 6.79. The summed E-state index contributed by atoms with van der Waals surface area (Å²) in [6.45, 7) is 1.96. The number of ether oxygens (including phenoxy) is 1. The van der Waals surface area contributed by atoms with Crippen LogP contribution in [0.15, 0.2) is 54.6 Å². The average Bonchev–Trinajstić information content (AvgIpc) is 3.29. The number of fused-ring (bicyclic) bond motifs is 1. The molecule has 1 saturated heterocycles. The number of rotatable bonds is 6. The number of alkyl halides is 3. The van der Waals surface area contributed by atoms with Crippen LogP contribution in [0.4, 0.5) is 13.2 Å². The number of carbonyl (C=O) groups is 2. The Balaban J connectivity index is 1.66. The second-order valence-electron chi connectivity index (χ2n) is 9.43. The molecule has 1 aromatic heterocycles. The van der Waals surface area contributed by atoms with Crippen molar-refractivity contribution in [3.63, 3.8) is 0 Å². The topological polar surface area (TPSA) is 93.5 Å². The molecule has 0 spiro atoms. The zero-order valence-corrected chi connectivity index (χ0v) is 22.3. The number of aromatic nitrogens is 2. The van der Waals surface area contributed by atoms with Crippen LogP contribution in [0.5, 0.6) is 5.75 Å². The Labute approximate surface area is 236 Å². The normalized spacial score (nSPS) is 15.8. The fourth-order valence-corrected chi connectivity index (χ4v) is 5.20. The molecule has 0 aliphatic carbocycles. The predicted molar refractivity (Wildman–Crippen MR) is 144 cm³/mol. The van der Waals surface area contributed by atoms with Crippen LogP contribution < -0.4 is 10.1 Å². The number of carbonyl (C=O) groups excluding carboxylic acids is 1. The number of hydrogen-bond donors (Lipinski definition) is 2. The van der Waals surface area contributed by atoms with Crippen molar-refractivity contribution >= 4 is 46.0 Å². The Bertz CT molecular complexity index is 1610. The summed E-state index contributed by atoms with van der Waals surface area (Å²) in [7, 11) is 0. The lowest BCUT2D eigenvalue weighted by molar-refractivity contribution is -0.137. The maximum atomic E-state index is 13.8. The Hall–Kier alpha value is -3.60.